The van der Waals surface area contributed by atoms with Crippen LogP contribution in [0.3, 0.4) is 0 Å². The van der Waals surface area contributed by atoms with Gasteiger partial charge in [0.05, 0.1) is 31.0 Å². The molecule has 2 fully saturated rings. The molecule has 144 valence electrons. The van der Waals surface area contributed by atoms with E-state index < -0.39 is 6.00 Å². The van der Waals surface area contributed by atoms with E-state index in [0.29, 0.717) is 26.0 Å². The van der Waals surface area contributed by atoms with Crippen LogP contribution in [0.1, 0.15) is 40.5 Å². The minimum Gasteiger partial charge on any atom is -0.380 e. The molecule has 0 aliphatic carbocycles. The van der Waals surface area contributed by atoms with E-state index in [-0.39, 0.29) is 48.6 Å². The SMILES string of the molecule is [B]C1CC(NC(=O)NCC2OC([B])CC2OC(C)C)C(COC(C)C)O1. The fraction of sp³-hybridized carbons (Fsp3) is 0.941. The summed E-state index contributed by atoms with van der Waals surface area (Å²) in [5, 5.41) is 5.74. The summed E-state index contributed by atoms with van der Waals surface area (Å²) < 4.78 is 22.7. The predicted molar refractivity (Wildman–Crippen MR) is 99.5 cm³/mol. The molecule has 2 aliphatic rings. The lowest BCUT2D eigenvalue weighted by Gasteiger charge is -2.24. The van der Waals surface area contributed by atoms with E-state index in [1.807, 2.05) is 27.7 Å². The minimum atomic E-state index is -0.402. The average molecular weight is 364 g/mol. The van der Waals surface area contributed by atoms with Gasteiger partial charge < -0.3 is 29.6 Å². The van der Waals surface area contributed by atoms with Crippen molar-refractivity contribution in [3.8, 4) is 0 Å². The summed E-state index contributed by atoms with van der Waals surface area (Å²) >= 11 is 0. The molecule has 2 heterocycles. The van der Waals surface area contributed by atoms with Crippen molar-refractivity contribution in [3.05, 3.63) is 0 Å². The quantitative estimate of drug-likeness (QED) is 0.612. The van der Waals surface area contributed by atoms with Gasteiger partial charge in [-0.05, 0) is 40.5 Å². The molecule has 0 aromatic rings. The number of amides is 2. The van der Waals surface area contributed by atoms with Crippen LogP contribution in [0.5, 0.6) is 0 Å². The van der Waals surface area contributed by atoms with Crippen molar-refractivity contribution in [2.24, 2.45) is 0 Å². The topological polar surface area (TPSA) is 78.1 Å². The first-order valence-electron chi connectivity index (χ1n) is 9.38. The maximum atomic E-state index is 12.3. The van der Waals surface area contributed by atoms with Crippen LogP contribution >= 0.6 is 0 Å². The zero-order chi connectivity index (χ0) is 19.3. The molecule has 0 spiro atoms. The van der Waals surface area contributed by atoms with Crippen LogP contribution in [0.2, 0.25) is 0 Å². The van der Waals surface area contributed by atoms with Crippen molar-refractivity contribution in [1.29, 1.82) is 0 Å². The summed E-state index contributed by atoms with van der Waals surface area (Å²) in [5.74, 6) is 0. The highest BCUT2D eigenvalue weighted by atomic mass is 16.6. The molecule has 6 unspecified atom stereocenters. The lowest BCUT2D eigenvalue weighted by molar-refractivity contribution is -0.0379. The van der Waals surface area contributed by atoms with Gasteiger partial charge in [0.15, 0.2) is 0 Å². The molecule has 26 heavy (non-hydrogen) atoms. The van der Waals surface area contributed by atoms with E-state index in [1.54, 1.807) is 0 Å². The molecule has 2 saturated heterocycles. The van der Waals surface area contributed by atoms with E-state index in [9.17, 15) is 4.79 Å². The third kappa shape index (κ3) is 6.76. The maximum Gasteiger partial charge on any atom is 0.315 e. The number of carbonyl (C=O) groups is 1. The highest BCUT2D eigenvalue weighted by Gasteiger charge is 2.36. The van der Waals surface area contributed by atoms with Crippen molar-refractivity contribution >= 4 is 21.7 Å². The zero-order valence-electron chi connectivity index (χ0n) is 16.1. The van der Waals surface area contributed by atoms with Crippen molar-refractivity contribution in [2.45, 2.75) is 89.1 Å². The molecule has 0 saturated carbocycles. The lowest BCUT2D eigenvalue weighted by atomic mass is 9.95. The summed E-state index contributed by atoms with van der Waals surface area (Å²) in [6.45, 7) is 8.54. The number of urea groups is 1. The molecule has 2 rings (SSSR count). The van der Waals surface area contributed by atoms with Gasteiger partial charge in [-0.15, -0.1) is 0 Å². The van der Waals surface area contributed by atoms with E-state index in [0.717, 1.165) is 0 Å². The van der Waals surface area contributed by atoms with Crippen LogP contribution in [0.25, 0.3) is 0 Å². The van der Waals surface area contributed by atoms with E-state index in [2.05, 4.69) is 10.6 Å². The number of ether oxygens (including phenoxy) is 4. The van der Waals surface area contributed by atoms with Crippen LogP contribution in [0, 0.1) is 0 Å². The van der Waals surface area contributed by atoms with Gasteiger partial charge in [0.25, 0.3) is 0 Å². The fourth-order valence-corrected chi connectivity index (χ4v) is 3.21. The molecule has 2 aliphatic heterocycles. The smallest absolute Gasteiger partial charge is 0.315 e. The summed E-state index contributed by atoms with van der Waals surface area (Å²) in [6.07, 6.45) is 0.679. The number of carbonyl (C=O) groups excluding carboxylic acids is 1. The standard InChI is InChI=1S/C17H30B2N2O5/c1-9(2)23-8-14-11(5-15(18)26-14)21-17(22)20-7-13-12(24-10(3)4)6-16(19)25-13/h9-16H,5-8H2,1-4H3,(H2,20,21,22). The van der Waals surface area contributed by atoms with Crippen LogP contribution in [-0.2, 0) is 18.9 Å². The third-order valence-corrected chi connectivity index (χ3v) is 4.33. The van der Waals surface area contributed by atoms with E-state index in [4.69, 9.17) is 34.6 Å². The van der Waals surface area contributed by atoms with Crippen LogP contribution < -0.4 is 10.6 Å². The Hall–Kier alpha value is -0.760. The molecular formula is C17H30B2N2O5. The Morgan fingerprint density at radius 2 is 1.73 bits per heavy atom. The second-order valence-corrected chi connectivity index (χ2v) is 7.46. The van der Waals surface area contributed by atoms with Crippen LogP contribution in [0.4, 0.5) is 4.79 Å². The van der Waals surface area contributed by atoms with Crippen molar-refractivity contribution in [1.82, 2.24) is 10.6 Å². The van der Waals surface area contributed by atoms with Gasteiger partial charge in [0.1, 0.15) is 27.9 Å². The number of nitrogens with one attached hydrogen (secondary N) is 2. The first-order chi connectivity index (χ1) is 12.2. The number of rotatable bonds is 8. The van der Waals surface area contributed by atoms with E-state index >= 15 is 0 Å². The molecular weight excluding hydrogens is 334 g/mol. The fourth-order valence-electron chi connectivity index (χ4n) is 3.21. The molecule has 0 aromatic heterocycles. The van der Waals surface area contributed by atoms with Gasteiger partial charge in [0, 0.05) is 18.6 Å². The number of hydrogen-bond acceptors (Lipinski definition) is 5. The lowest BCUT2D eigenvalue weighted by Crippen LogP contribution is -2.49. The Labute approximate surface area is 159 Å². The molecule has 2 N–H and O–H groups in total. The van der Waals surface area contributed by atoms with Gasteiger partial charge in [-0.2, -0.15) is 0 Å². The molecule has 7 nitrogen and oxygen atoms in total. The van der Waals surface area contributed by atoms with Gasteiger partial charge in [-0.25, -0.2) is 4.79 Å². The van der Waals surface area contributed by atoms with Gasteiger partial charge >= 0.3 is 6.03 Å². The second-order valence-electron chi connectivity index (χ2n) is 7.46. The summed E-state index contributed by atoms with van der Waals surface area (Å²) in [6, 6.07) is -1.26. The highest BCUT2D eigenvalue weighted by molar-refractivity contribution is 6.11. The molecule has 2 amide bonds. The monoisotopic (exact) mass is 364 g/mol. The Bertz CT molecular complexity index is 455. The Kier molecular flexibility index (Phi) is 8.26. The van der Waals surface area contributed by atoms with E-state index in [1.165, 1.54) is 0 Å². The molecule has 6 atom stereocenters. The first kappa shape index (κ1) is 21.5. The molecule has 0 bridgehead atoms. The van der Waals surface area contributed by atoms with Crippen molar-refractivity contribution in [2.75, 3.05) is 13.2 Å². The largest absolute Gasteiger partial charge is 0.380 e. The van der Waals surface area contributed by atoms with Crippen molar-refractivity contribution < 1.29 is 23.7 Å². The first-order valence-corrected chi connectivity index (χ1v) is 9.38. The Balaban J connectivity index is 1.78. The number of hydrogen-bond donors (Lipinski definition) is 2. The normalized spacial score (nSPS) is 34.5. The average Bonchev–Trinajstić information content (AvgIpc) is 3.04. The summed E-state index contributed by atoms with van der Waals surface area (Å²) in [7, 11) is 11.7. The summed E-state index contributed by atoms with van der Waals surface area (Å²) in [4.78, 5) is 12.3. The van der Waals surface area contributed by atoms with Crippen molar-refractivity contribution in [3.63, 3.8) is 0 Å². The third-order valence-electron chi connectivity index (χ3n) is 4.33. The Morgan fingerprint density at radius 1 is 1.08 bits per heavy atom. The minimum absolute atomic E-state index is 0.0732. The molecule has 0 aromatic carbocycles. The second kappa shape index (κ2) is 9.97. The van der Waals surface area contributed by atoms with Gasteiger partial charge in [-0.1, -0.05) is 0 Å². The zero-order valence-corrected chi connectivity index (χ0v) is 16.1. The molecule has 9 heteroatoms. The summed E-state index contributed by atoms with van der Waals surface area (Å²) in [5.41, 5.74) is 0. The maximum absolute atomic E-state index is 12.3. The highest BCUT2D eigenvalue weighted by Crippen LogP contribution is 2.23. The van der Waals surface area contributed by atoms with Crippen LogP contribution in [-0.4, -0.2) is 83.4 Å². The predicted octanol–water partition coefficient (Wildman–Crippen LogP) is 0.440. The molecule has 4 radical (unpaired) electrons. The Morgan fingerprint density at radius 3 is 2.38 bits per heavy atom. The van der Waals surface area contributed by atoms with Gasteiger partial charge in [-0.3, -0.25) is 0 Å². The van der Waals surface area contributed by atoms with Crippen LogP contribution in [0.15, 0.2) is 0 Å². The van der Waals surface area contributed by atoms with Gasteiger partial charge in [0.2, 0.25) is 0 Å².